The van der Waals surface area contributed by atoms with Gasteiger partial charge in [-0.3, -0.25) is 34.6 Å². The number of aliphatic hydroxyl groups excluding tert-OH is 2. The number of aliphatic hydroxyl groups is 2. The van der Waals surface area contributed by atoms with E-state index in [-0.39, 0.29) is 37.3 Å². The van der Waals surface area contributed by atoms with Crippen LogP contribution in [0.1, 0.15) is 110 Å². The molecule has 282 valence electrons. The van der Waals surface area contributed by atoms with Crippen LogP contribution in [0, 0.1) is 13.8 Å². The number of amides is 1. The average molecular weight is 732 g/mol. The van der Waals surface area contributed by atoms with E-state index in [1.165, 1.54) is 5.56 Å². The molecule has 5 N–H and O–H groups in total. The third-order valence-corrected chi connectivity index (χ3v) is 11.4. The van der Waals surface area contributed by atoms with Crippen LogP contribution in [0.4, 0.5) is 5.69 Å². The Hall–Kier alpha value is -4.81. The summed E-state index contributed by atoms with van der Waals surface area (Å²) in [4.78, 5) is 50.1. The fourth-order valence-electron chi connectivity index (χ4n) is 7.78. The maximum absolute atomic E-state index is 13.6. The molecule has 0 radical (unpaired) electrons. The molecule has 3 heterocycles. The molecule has 3 fully saturated rings. The lowest BCUT2D eigenvalue weighted by atomic mass is 9.90. The van der Waals surface area contributed by atoms with Crippen molar-refractivity contribution < 1.29 is 29.7 Å². The van der Waals surface area contributed by atoms with Gasteiger partial charge in [-0.15, -0.1) is 0 Å². The number of benzene rings is 2. The van der Waals surface area contributed by atoms with Crippen molar-refractivity contribution in [1.82, 2.24) is 20.2 Å². The first-order valence-corrected chi connectivity index (χ1v) is 19.1. The van der Waals surface area contributed by atoms with Crippen LogP contribution in [0.15, 0.2) is 60.9 Å². The first-order chi connectivity index (χ1) is 26.1. The summed E-state index contributed by atoms with van der Waals surface area (Å²) >= 11 is 0. The number of likely N-dealkylation sites (tertiary alicyclic amines) is 1. The zero-order valence-electron chi connectivity index (χ0n) is 31.0. The van der Waals surface area contributed by atoms with Crippen molar-refractivity contribution >= 4 is 23.3 Å². The number of hydrogen-bond acceptors (Lipinski definition) is 9. The summed E-state index contributed by atoms with van der Waals surface area (Å²) < 4.78 is 0. The molecule has 11 nitrogen and oxygen atoms in total. The van der Waals surface area contributed by atoms with Gasteiger partial charge in [0.2, 0.25) is 0 Å². The van der Waals surface area contributed by atoms with E-state index in [2.05, 4.69) is 25.5 Å². The van der Waals surface area contributed by atoms with Gasteiger partial charge in [0.1, 0.15) is 17.4 Å². The zero-order chi connectivity index (χ0) is 37.9. The number of hydrogen-bond donors (Lipinski definition) is 5. The number of nitrogens with one attached hydrogen (secondary N) is 2. The van der Waals surface area contributed by atoms with Crippen LogP contribution in [0.2, 0.25) is 0 Å². The van der Waals surface area contributed by atoms with Crippen molar-refractivity contribution in [2.45, 2.75) is 95.8 Å². The Morgan fingerprint density at radius 3 is 2.17 bits per heavy atom. The number of anilines is 1. The molecule has 0 spiro atoms. The number of carbonyl (C=O) groups is 3. The largest absolute Gasteiger partial charge is 0.480 e. The molecule has 2 aromatic heterocycles. The van der Waals surface area contributed by atoms with Gasteiger partial charge in [-0.05, 0) is 139 Å². The van der Waals surface area contributed by atoms with Gasteiger partial charge in [0.25, 0.3) is 5.91 Å². The van der Waals surface area contributed by atoms with Crippen molar-refractivity contribution in [3.05, 3.63) is 111 Å². The molecule has 1 amide bonds. The number of carboxylic acid groups (broad SMARTS) is 1. The summed E-state index contributed by atoms with van der Waals surface area (Å²) in [5, 5.41) is 34.5. The Morgan fingerprint density at radius 2 is 1.48 bits per heavy atom. The molecule has 54 heavy (non-hydrogen) atoms. The predicted octanol–water partition coefficient (Wildman–Crippen LogP) is 5.68. The Bertz CT molecular complexity index is 2060. The van der Waals surface area contributed by atoms with Crippen molar-refractivity contribution in [2.75, 3.05) is 25.1 Å². The number of aliphatic carboxylic acids is 1. The first-order valence-electron chi connectivity index (χ1n) is 19.1. The molecule has 2 atom stereocenters. The van der Waals surface area contributed by atoms with Crippen LogP contribution in [-0.4, -0.2) is 79.7 Å². The molecule has 7 rings (SSSR count). The minimum atomic E-state index is -1.12. The van der Waals surface area contributed by atoms with Crippen molar-refractivity contribution in [3.8, 4) is 11.1 Å². The summed E-state index contributed by atoms with van der Waals surface area (Å²) in [5.41, 5.74) is 10.3. The summed E-state index contributed by atoms with van der Waals surface area (Å²) in [6, 6.07) is 14.7. The standard InChI is InChI=1S/C43H49N5O6/c1-25-29(16-41(51)38-17-35(27-11-12-27)30(19-44-38)20-46-40(24-50)43(53)54)6-3-8-33(25)34-9-4-10-37(26(34)2)47-42(52)39-18-36(28-13-14-28)31(21-45-39)22-48-15-5-7-32(48)23-49/h3-4,6,8-10,17-19,21,27-28,32,40,46,49-50H,5,7,11-16,20,22-24H2,1-2H3,(H,47,52)(H,53,54)/t32-,40+/m0/s1. The lowest BCUT2D eigenvalue weighted by molar-refractivity contribution is -0.140. The first kappa shape index (κ1) is 37.5. The Balaban J connectivity index is 1.06. The number of nitrogens with zero attached hydrogens (tertiary/aromatic N) is 3. The van der Waals surface area contributed by atoms with Crippen LogP contribution >= 0.6 is 0 Å². The Morgan fingerprint density at radius 1 is 0.833 bits per heavy atom. The maximum atomic E-state index is 13.6. The van der Waals surface area contributed by atoms with Gasteiger partial charge in [-0.25, -0.2) is 0 Å². The number of ketones is 1. The van der Waals surface area contributed by atoms with E-state index in [0.29, 0.717) is 28.9 Å². The molecular weight excluding hydrogens is 683 g/mol. The lowest BCUT2D eigenvalue weighted by Crippen LogP contribution is -2.39. The minimum absolute atomic E-state index is 0.106. The quantitative estimate of drug-likeness (QED) is 0.0906. The van der Waals surface area contributed by atoms with Crippen LogP contribution in [0.5, 0.6) is 0 Å². The highest BCUT2D eigenvalue weighted by molar-refractivity contribution is 6.04. The van der Waals surface area contributed by atoms with E-state index >= 15 is 0 Å². The molecule has 1 aliphatic heterocycles. The summed E-state index contributed by atoms with van der Waals surface area (Å²) in [6.07, 6.45) is 9.96. The van der Waals surface area contributed by atoms with E-state index in [4.69, 9.17) is 0 Å². The van der Waals surface area contributed by atoms with E-state index in [0.717, 1.165) is 96.1 Å². The number of pyridine rings is 2. The summed E-state index contributed by atoms with van der Waals surface area (Å²) in [5.74, 6) is -0.734. The normalized spacial score (nSPS) is 17.7. The second-order valence-corrected chi connectivity index (χ2v) is 15.1. The summed E-state index contributed by atoms with van der Waals surface area (Å²) in [7, 11) is 0. The van der Waals surface area contributed by atoms with Crippen molar-refractivity contribution in [2.24, 2.45) is 0 Å². The Labute approximate surface area is 315 Å². The van der Waals surface area contributed by atoms with Gasteiger partial charge in [-0.2, -0.15) is 0 Å². The monoisotopic (exact) mass is 731 g/mol. The fourth-order valence-corrected chi connectivity index (χ4v) is 7.78. The predicted molar refractivity (Wildman–Crippen MR) is 206 cm³/mol. The fraction of sp³-hybridized carbons (Fsp3) is 0.419. The lowest BCUT2D eigenvalue weighted by Gasteiger charge is -2.24. The van der Waals surface area contributed by atoms with Crippen molar-refractivity contribution in [3.63, 3.8) is 0 Å². The molecule has 0 unspecified atom stereocenters. The molecule has 2 saturated carbocycles. The summed E-state index contributed by atoms with van der Waals surface area (Å²) in [6.45, 7) is 5.57. The molecule has 2 aliphatic carbocycles. The highest BCUT2D eigenvalue weighted by Crippen LogP contribution is 2.43. The van der Waals surface area contributed by atoms with E-state index in [1.54, 1.807) is 6.20 Å². The van der Waals surface area contributed by atoms with E-state index in [9.17, 15) is 29.7 Å². The van der Waals surface area contributed by atoms with Gasteiger partial charge < -0.3 is 20.6 Å². The average Bonchev–Trinajstić information content (AvgIpc) is 4.12. The molecule has 1 saturated heterocycles. The van der Waals surface area contributed by atoms with Gasteiger partial charge in [0.15, 0.2) is 5.78 Å². The highest BCUT2D eigenvalue weighted by atomic mass is 16.4. The Kier molecular flexibility index (Phi) is 11.3. The van der Waals surface area contributed by atoms with E-state index < -0.39 is 18.6 Å². The number of Topliss-reactive ketones (excluding diaryl/α,β-unsaturated/α-hetero) is 1. The van der Waals surface area contributed by atoms with Gasteiger partial charge in [0, 0.05) is 43.6 Å². The molecular formula is C43H49N5O6. The number of rotatable bonds is 16. The van der Waals surface area contributed by atoms with Crippen LogP contribution in [0.25, 0.3) is 11.1 Å². The maximum Gasteiger partial charge on any atom is 0.323 e. The molecule has 11 heteroatoms. The second-order valence-electron chi connectivity index (χ2n) is 15.1. The van der Waals surface area contributed by atoms with Crippen LogP contribution in [-0.2, 0) is 24.3 Å². The molecule has 3 aliphatic rings. The molecule has 4 aromatic rings. The zero-order valence-corrected chi connectivity index (χ0v) is 31.0. The molecule has 0 bridgehead atoms. The van der Waals surface area contributed by atoms with Gasteiger partial charge in [0.05, 0.1) is 13.2 Å². The van der Waals surface area contributed by atoms with Crippen LogP contribution < -0.4 is 10.6 Å². The second kappa shape index (κ2) is 16.3. The number of carbonyl (C=O) groups excluding carboxylic acids is 2. The van der Waals surface area contributed by atoms with Gasteiger partial charge in [-0.1, -0.05) is 30.3 Å². The topological polar surface area (TPSA) is 165 Å². The highest BCUT2D eigenvalue weighted by Gasteiger charge is 2.31. The molecule has 2 aromatic carbocycles. The minimum Gasteiger partial charge on any atom is -0.480 e. The third kappa shape index (κ3) is 8.29. The number of aromatic nitrogens is 2. The third-order valence-electron chi connectivity index (χ3n) is 11.4. The van der Waals surface area contributed by atoms with Gasteiger partial charge >= 0.3 is 5.97 Å². The number of carboxylic acids is 1. The van der Waals surface area contributed by atoms with Crippen LogP contribution in [0.3, 0.4) is 0 Å². The van der Waals surface area contributed by atoms with E-state index in [1.807, 2.05) is 68.6 Å². The smallest absolute Gasteiger partial charge is 0.323 e. The van der Waals surface area contributed by atoms with Crippen molar-refractivity contribution in [1.29, 1.82) is 0 Å². The SMILES string of the molecule is Cc1c(CC(=O)c2cc(C3CC3)c(CN[C@H](CO)C(=O)O)cn2)cccc1-c1cccc(NC(=O)c2cc(C3CC3)c(CN3CCC[C@H]3CO)cn2)c1C.